The van der Waals surface area contributed by atoms with Gasteiger partial charge < -0.3 is 30.5 Å². The van der Waals surface area contributed by atoms with Crippen LogP contribution in [0.4, 0.5) is 0 Å². The molecule has 0 aromatic heterocycles. The molecule has 0 fully saturated rings. The van der Waals surface area contributed by atoms with Gasteiger partial charge in [0.1, 0.15) is 30.6 Å². The highest BCUT2D eigenvalue weighted by molar-refractivity contribution is 5.77. The van der Waals surface area contributed by atoms with Gasteiger partial charge in [0.15, 0.2) is 0 Å². The summed E-state index contributed by atoms with van der Waals surface area (Å²) in [6.45, 7) is 0.377. The summed E-state index contributed by atoms with van der Waals surface area (Å²) in [5.74, 6) is -0.558. The number of hydrogen-bond acceptors (Lipinski definition) is 6. The van der Waals surface area contributed by atoms with Crippen LogP contribution in [0.2, 0.25) is 0 Å². The first-order valence-corrected chi connectivity index (χ1v) is 4.31. The molecule has 0 aromatic rings. The minimum Gasteiger partial charge on any atom is -0.394 e. The van der Waals surface area contributed by atoms with E-state index in [-0.39, 0.29) is 6.29 Å². The summed E-state index contributed by atoms with van der Waals surface area (Å²) < 4.78 is 0. The number of carbonyl (C=O) groups excluding carboxylic acids is 2. The van der Waals surface area contributed by atoms with Gasteiger partial charge in [-0.25, -0.2) is 0 Å². The number of rotatable bonds is 6. The molecule has 7 heteroatoms. The largest absolute Gasteiger partial charge is 0.394 e. The van der Waals surface area contributed by atoms with Gasteiger partial charge in [0.05, 0.1) is 6.61 Å². The minimum absolute atomic E-state index is 0.235. The molecule has 0 spiro atoms. The number of nitrogens with one attached hydrogen (secondary N) is 1. The van der Waals surface area contributed by atoms with Crippen LogP contribution < -0.4 is 5.32 Å². The molecule has 0 unspecified atom stereocenters. The van der Waals surface area contributed by atoms with Gasteiger partial charge in [-0.05, 0) is 0 Å². The van der Waals surface area contributed by atoms with Gasteiger partial charge in [-0.2, -0.15) is 0 Å². The summed E-state index contributed by atoms with van der Waals surface area (Å²) in [4.78, 5) is 21.1. The van der Waals surface area contributed by atoms with Crippen molar-refractivity contribution in [3.05, 3.63) is 0 Å². The fraction of sp³-hybridized carbons (Fsp3) is 0.750. The molecule has 1 amide bonds. The molecule has 88 valence electrons. The average molecular weight is 221 g/mol. The van der Waals surface area contributed by atoms with Crippen molar-refractivity contribution in [1.82, 2.24) is 5.32 Å². The van der Waals surface area contributed by atoms with E-state index in [0.29, 0.717) is 0 Å². The number of hydrogen-bond donors (Lipinski definition) is 5. The van der Waals surface area contributed by atoms with Crippen LogP contribution >= 0.6 is 0 Å². The van der Waals surface area contributed by atoms with Crippen LogP contribution in [-0.4, -0.2) is 63.6 Å². The first-order chi connectivity index (χ1) is 6.93. The molecular formula is C8H15NO6. The van der Waals surface area contributed by atoms with Crippen molar-refractivity contribution in [2.75, 3.05) is 6.61 Å². The second-order valence-corrected chi connectivity index (χ2v) is 3.09. The molecule has 0 bridgehead atoms. The predicted octanol–water partition coefficient (Wildman–Crippen LogP) is -3.23. The number of amides is 1. The van der Waals surface area contributed by atoms with Crippen LogP contribution in [0, 0.1) is 0 Å². The van der Waals surface area contributed by atoms with E-state index < -0.39 is 36.9 Å². The monoisotopic (exact) mass is 221 g/mol. The van der Waals surface area contributed by atoms with Crippen LogP contribution in [-0.2, 0) is 9.59 Å². The summed E-state index contributed by atoms with van der Waals surface area (Å²) >= 11 is 0. The molecule has 15 heavy (non-hydrogen) atoms. The fourth-order valence-electron chi connectivity index (χ4n) is 0.983. The van der Waals surface area contributed by atoms with Crippen molar-refractivity contribution in [2.45, 2.75) is 31.3 Å². The van der Waals surface area contributed by atoms with E-state index in [4.69, 9.17) is 10.2 Å². The highest BCUT2D eigenvalue weighted by Crippen LogP contribution is 2.03. The molecular weight excluding hydrogens is 206 g/mol. The second-order valence-electron chi connectivity index (χ2n) is 3.09. The zero-order valence-corrected chi connectivity index (χ0v) is 8.20. The van der Waals surface area contributed by atoms with Gasteiger partial charge in [-0.3, -0.25) is 4.79 Å². The lowest BCUT2D eigenvalue weighted by Gasteiger charge is -2.25. The van der Waals surface area contributed by atoms with Gasteiger partial charge in [0.2, 0.25) is 5.91 Å². The smallest absolute Gasteiger partial charge is 0.217 e. The maximum Gasteiger partial charge on any atom is 0.217 e. The molecule has 0 saturated carbocycles. The van der Waals surface area contributed by atoms with E-state index in [1.807, 2.05) is 0 Å². The Morgan fingerprint density at radius 1 is 1.33 bits per heavy atom. The van der Waals surface area contributed by atoms with Gasteiger partial charge in [-0.15, -0.1) is 0 Å². The molecule has 0 aromatic carbocycles. The second kappa shape index (κ2) is 6.46. The number of aliphatic hydroxyl groups is 4. The Hall–Kier alpha value is -1.02. The zero-order valence-electron chi connectivity index (χ0n) is 8.20. The van der Waals surface area contributed by atoms with Gasteiger partial charge in [0, 0.05) is 6.92 Å². The zero-order chi connectivity index (χ0) is 12.0. The van der Waals surface area contributed by atoms with Gasteiger partial charge >= 0.3 is 0 Å². The predicted molar refractivity (Wildman–Crippen MR) is 48.8 cm³/mol. The van der Waals surface area contributed by atoms with Crippen LogP contribution in [0.25, 0.3) is 0 Å². The Morgan fingerprint density at radius 2 is 1.87 bits per heavy atom. The van der Waals surface area contributed by atoms with Crippen LogP contribution in [0.1, 0.15) is 6.92 Å². The minimum atomic E-state index is -1.71. The van der Waals surface area contributed by atoms with Crippen LogP contribution in [0.15, 0.2) is 0 Å². The van der Waals surface area contributed by atoms with Crippen molar-refractivity contribution in [1.29, 1.82) is 0 Å². The summed E-state index contributed by atoms with van der Waals surface area (Å²) in [7, 11) is 0. The first-order valence-electron chi connectivity index (χ1n) is 4.31. The topological polar surface area (TPSA) is 127 Å². The Labute approximate surface area is 86.3 Å². The standard InChI is InChI=1S/C8H15NO6/c1-4(12)9-5(2-10)7(14)8(15)6(13)3-11/h2,5-8,11,13-15H,3H2,1H3,(H,9,12)/t5-,6+,7-,8+/m0/s1. The lowest BCUT2D eigenvalue weighted by Crippen LogP contribution is -2.53. The maximum absolute atomic E-state index is 10.6. The Bertz CT molecular complexity index is 221. The van der Waals surface area contributed by atoms with Gasteiger partial charge in [0.25, 0.3) is 0 Å². The maximum atomic E-state index is 10.6. The summed E-state index contributed by atoms with van der Waals surface area (Å²) in [6.07, 6.45) is -4.72. The SMILES string of the molecule is CC(=O)N[C@@H](C=O)[C@H](O)[C@H](O)[C@H](O)CO. The normalized spacial score (nSPS) is 18.7. The summed E-state index contributed by atoms with van der Waals surface area (Å²) in [5, 5.41) is 38.2. The molecule has 0 aliphatic heterocycles. The van der Waals surface area contributed by atoms with Crippen LogP contribution in [0.3, 0.4) is 0 Å². The van der Waals surface area contributed by atoms with E-state index in [1.54, 1.807) is 0 Å². The molecule has 4 atom stereocenters. The van der Waals surface area contributed by atoms with E-state index in [9.17, 15) is 19.8 Å². The third-order valence-electron chi connectivity index (χ3n) is 1.82. The van der Waals surface area contributed by atoms with Gasteiger partial charge in [-0.1, -0.05) is 0 Å². The third kappa shape index (κ3) is 4.34. The van der Waals surface area contributed by atoms with Crippen LogP contribution in [0.5, 0.6) is 0 Å². The van der Waals surface area contributed by atoms with Crippen molar-refractivity contribution in [3.63, 3.8) is 0 Å². The molecule has 0 aliphatic carbocycles. The number of carbonyl (C=O) groups is 2. The number of aliphatic hydroxyl groups excluding tert-OH is 4. The van der Waals surface area contributed by atoms with Crippen molar-refractivity contribution in [3.8, 4) is 0 Å². The number of aldehydes is 1. The first kappa shape index (κ1) is 14.0. The molecule has 0 saturated heterocycles. The molecule has 5 N–H and O–H groups in total. The lowest BCUT2D eigenvalue weighted by molar-refractivity contribution is -0.129. The molecule has 0 heterocycles. The fourth-order valence-corrected chi connectivity index (χ4v) is 0.983. The highest BCUT2D eigenvalue weighted by atomic mass is 16.4. The summed E-state index contributed by atoms with van der Waals surface area (Å²) in [6, 6.07) is -1.32. The average Bonchev–Trinajstić information content (AvgIpc) is 2.22. The Morgan fingerprint density at radius 3 is 2.20 bits per heavy atom. The molecule has 0 rings (SSSR count). The van der Waals surface area contributed by atoms with E-state index >= 15 is 0 Å². The van der Waals surface area contributed by atoms with E-state index in [2.05, 4.69) is 5.32 Å². The van der Waals surface area contributed by atoms with Crippen molar-refractivity contribution < 1.29 is 30.0 Å². The molecule has 0 radical (unpaired) electrons. The summed E-state index contributed by atoms with van der Waals surface area (Å²) in [5.41, 5.74) is 0. The lowest BCUT2D eigenvalue weighted by atomic mass is 10.0. The highest BCUT2D eigenvalue weighted by Gasteiger charge is 2.31. The third-order valence-corrected chi connectivity index (χ3v) is 1.82. The molecule has 0 aliphatic rings. The van der Waals surface area contributed by atoms with E-state index in [1.165, 1.54) is 0 Å². The Kier molecular flexibility index (Phi) is 6.02. The molecule has 7 nitrogen and oxygen atoms in total. The van der Waals surface area contributed by atoms with Crippen molar-refractivity contribution in [2.24, 2.45) is 0 Å². The van der Waals surface area contributed by atoms with E-state index in [0.717, 1.165) is 6.92 Å². The van der Waals surface area contributed by atoms with Crippen molar-refractivity contribution >= 4 is 12.2 Å². The quantitative estimate of drug-likeness (QED) is 0.300. The Balaban J connectivity index is 4.42.